The lowest BCUT2D eigenvalue weighted by Gasteiger charge is -2.25. The third kappa shape index (κ3) is 3.34. The van der Waals surface area contributed by atoms with Crippen LogP contribution in [0.4, 0.5) is 13.2 Å². The number of halogens is 3. The van der Waals surface area contributed by atoms with Crippen molar-refractivity contribution >= 4 is 0 Å². The third-order valence-electron chi connectivity index (χ3n) is 4.66. The first kappa shape index (κ1) is 17.0. The predicted octanol–water partition coefficient (Wildman–Crippen LogP) is 4.05. The summed E-state index contributed by atoms with van der Waals surface area (Å²) in [5.41, 5.74) is 3.66. The van der Waals surface area contributed by atoms with Gasteiger partial charge in [0.1, 0.15) is 0 Å². The van der Waals surface area contributed by atoms with Gasteiger partial charge in [0.15, 0.2) is 0 Å². The van der Waals surface area contributed by atoms with E-state index in [1.807, 2.05) is 11.6 Å². The highest BCUT2D eigenvalue weighted by atomic mass is 19.4. The maximum atomic E-state index is 12.8. The van der Waals surface area contributed by atoms with E-state index in [9.17, 15) is 13.2 Å². The molecule has 0 aliphatic carbocycles. The van der Waals surface area contributed by atoms with E-state index in [0.717, 1.165) is 43.3 Å². The van der Waals surface area contributed by atoms with Crippen LogP contribution in [0.1, 0.15) is 47.5 Å². The van der Waals surface area contributed by atoms with Crippen molar-refractivity contribution in [3.63, 3.8) is 0 Å². The van der Waals surface area contributed by atoms with E-state index in [-0.39, 0.29) is 6.04 Å². The molecular formula is C18H22F3N3. The number of benzene rings is 1. The number of hydrogen-bond donors (Lipinski definition) is 1. The Balaban J connectivity index is 1.76. The lowest BCUT2D eigenvalue weighted by Crippen LogP contribution is -2.31. The van der Waals surface area contributed by atoms with Crippen LogP contribution in [0.3, 0.4) is 0 Å². The number of aryl methyl sites for hydroxylation is 3. The standard InChI is InChI=1S/C18H22F3N3/c1-3-24-16-9-10-22-15(17(16)12(2)23-24)8-7-13-5-4-6-14(11-13)18(19,20)21/h4-6,11,15,22H,3,7-10H2,1-2H3/t15-/m0/s1. The number of nitrogens with zero attached hydrogens (tertiary/aromatic N) is 2. The molecule has 0 spiro atoms. The summed E-state index contributed by atoms with van der Waals surface area (Å²) in [6, 6.07) is 5.78. The van der Waals surface area contributed by atoms with E-state index in [4.69, 9.17) is 0 Å². The minimum absolute atomic E-state index is 0.156. The average molecular weight is 337 g/mol. The highest BCUT2D eigenvalue weighted by Crippen LogP contribution is 2.32. The molecule has 0 saturated carbocycles. The zero-order chi connectivity index (χ0) is 17.3. The molecule has 2 aromatic rings. The van der Waals surface area contributed by atoms with E-state index in [1.165, 1.54) is 23.4 Å². The number of rotatable bonds is 4. The smallest absolute Gasteiger partial charge is 0.309 e. The van der Waals surface area contributed by atoms with Crippen LogP contribution in [0.15, 0.2) is 24.3 Å². The van der Waals surface area contributed by atoms with Crippen molar-refractivity contribution in [1.29, 1.82) is 0 Å². The van der Waals surface area contributed by atoms with Crippen LogP contribution in [0, 0.1) is 6.92 Å². The van der Waals surface area contributed by atoms with Gasteiger partial charge in [0.2, 0.25) is 0 Å². The van der Waals surface area contributed by atoms with Crippen molar-refractivity contribution in [1.82, 2.24) is 15.1 Å². The lowest BCUT2D eigenvalue weighted by molar-refractivity contribution is -0.137. The second kappa shape index (κ2) is 6.59. The summed E-state index contributed by atoms with van der Waals surface area (Å²) in [6.45, 7) is 5.81. The molecule has 1 atom stereocenters. The Hall–Kier alpha value is -1.82. The third-order valence-corrected chi connectivity index (χ3v) is 4.66. The first-order chi connectivity index (χ1) is 11.4. The Kier molecular flexibility index (Phi) is 4.67. The summed E-state index contributed by atoms with van der Waals surface area (Å²) >= 11 is 0. The minimum Gasteiger partial charge on any atom is -0.309 e. The molecule has 1 N–H and O–H groups in total. The Bertz CT molecular complexity index is 719. The van der Waals surface area contributed by atoms with E-state index in [2.05, 4.69) is 17.3 Å². The summed E-state index contributed by atoms with van der Waals surface area (Å²) in [4.78, 5) is 0. The fourth-order valence-corrected chi connectivity index (χ4v) is 3.55. The molecule has 3 nitrogen and oxygen atoms in total. The highest BCUT2D eigenvalue weighted by Gasteiger charge is 2.30. The minimum atomic E-state index is -4.29. The molecule has 0 saturated heterocycles. The van der Waals surface area contributed by atoms with E-state index in [0.29, 0.717) is 6.42 Å². The molecule has 3 rings (SSSR count). The monoisotopic (exact) mass is 337 g/mol. The van der Waals surface area contributed by atoms with Gasteiger partial charge >= 0.3 is 6.18 Å². The van der Waals surface area contributed by atoms with Gasteiger partial charge in [0, 0.05) is 36.8 Å². The summed E-state index contributed by atoms with van der Waals surface area (Å²) in [5, 5.41) is 8.08. The molecule has 24 heavy (non-hydrogen) atoms. The number of nitrogens with one attached hydrogen (secondary N) is 1. The Morgan fingerprint density at radius 3 is 2.83 bits per heavy atom. The number of fused-ring (bicyclic) bond motifs is 1. The maximum Gasteiger partial charge on any atom is 0.416 e. The van der Waals surface area contributed by atoms with Crippen LogP contribution in [0.25, 0.3) is 0 Å². The first-order valence-electron chi connectivity index (χ1n) is 8.36. The van der Waals surface area contributed by atoms with E-state index >= 15 is 0 Å². The van der Waals surface area contributed by atoms with Crippen LogP contribution in [0.2, 0.25) is 0 Å². The van der Waals surface area contributed by atoms with Crippen molar-refractivity contribution in [3.8, 4) is 0 Å². The molecule has 0 radical (unpaired) electrons. The van der Waals surface area contributed by atoms with Crippen molar-refractivity contribution in [2.45, 2.75) is 51.9 Å². The number of hydrogen-bond acceptors (Lipinski definition) is 2. The molecule has 2 heterocycles. The molecule has 0 fully saturated rings. The van der Waals surface area contributed by atoms with Crippen LogP contribution >= 0.6 is 0 Å². The summed E-state index contributed by atoms with van der Waals surface area (Å²) in [6.07, 6.45) is -1.96. The van der Waals surface area contributed by atoms with Crippen molar-refractivity contribution in [2.24, 2.45) is 0 Å². The van der Waals surface area contributed by atoms with Gasteiger partial charge in [-0.3, -0.25) is 4.68 Å². The molecule has 1 aromatic carbocycles. The van der Waals surface area contributed by atoms with Gasteiger partial charge in [-0.25, -0.2) is 0 Å². The van der Waals surface area contributed by atoms with Crippen molar-refractivity contribution in [2.75, 3.05) is 6.54 Å². The molecular weight excluding hydrogens is 315 g/mol. The molecule has 0 amide bonds. The molecule has 1 aliphatic heterocycles. The quantitative estimate of drug-likeness (QED) is 0.912. The van der Waals surface area contributed by atoms with Crippen LogP contribution < -0.4 is 5.32 Å². The zero-order valence-corrected chi connectivity index (χ0v) is 14.0. The second-order valence-electron chi connectivity index (χ2n) is 6.26. The fourth-order valence-electron chi connectivity index (χ4n) is 3.55. The van der Waals surface area contributed by atoms with E-state index < -0.39 is 11.7 Å². The largest absolute Gasteiger partial charge is 0.416 e. The van der Waals surface area contributed by atoms with Gasteiger partial charge in [0.05, 0.1) is 11.3 Å². The Morgan fingerprint density at radius 1 is 1.33 bits per heavy atom. The molecule has 130 valence electrons. The zero-order valence-electron chi connectivity index (χ0n) is 14.0. The predicted molar refractivity (Wildman–Crippen MR) is 86.9 cm³/mol. The summed E-state index contributed by atoms with van der Waals surface area (Å²) in [5.74, 6) is 0. The van der Waals surface area contributed by atoms with E-state index in [1.54, 1.807) is 6.07 Å². The number of aromatic nitrogens is 2. The lowest BCUT2D eigenvalue weighted by atomic mass is 9.93. The fraction of sp³-hybridized carbons (Fsp3) is 0.500. The van der Waals surface area contributed by atoms with Crippen LogP contribution in [-0.4, -0.2) is 16.3 Å². The SMILES string of the molecule is CCn1nc(C)c2c1CCN[C@H]2CCc1cccc(C(F)(F)F)c1. The van der Waals surface area contributed by atoms with Gasteiger partial charge in [-0.1, -0.05) is 18.2 Å². The molecule has 0 bridgehead atoms. The topological polar surface area (TPSA) is 29.9 Å². The van der Waals surface area contributed by atoms with Gasteiger partial charge in [0.25, 0.3) is 0 Å². The Morgan fingerprint density at radius 2 is 2.12 bits per heavy atom. The van der Waals surface area contributed by atoms with Crippen molar-refractivity contribution < 1.29 is 13.2 Å². The number of alkyl halides is 3. The van der Waals surface area contributed by atoms with Gasteiger partial charge in [-0.15, -0.1) is 0 Å². The van der Waals surface area contributed by atoms with Crippen LogP contribution in [-0.2, 0) is 25.6 Å². The summed E-state index contributed by atoms with van der Waals surface area (Å²) in [7, 11) is 0. The highest BCUT2D eigenvalue weighted by molar-refractivity contribution is 5.32. The maximum absolute atomic E-state index is 12.8. The second-order valence-corrected chi connectivity index (χ2v) is 6.26. The average Bonchev–Trinajstić information content (AvgIpc) is 2.89. The first-order valence-corrected chi connectivity index (χ1v) is 8.36. The van der Waals surface area contributed by atoms with Gasteiger partial charge < -0.3 is 5.32 Å². The van der Waals surface area contributed by atoms with Crippen LogP contribution in [0.5, 0.6) is 0 Å². The normalized spacial score (nSPS) is 17.8. The van der Waals surface area contributed by atoms with Gasteiger partial charge in [-0.05, 0) is 38.3 Å². The molecule has 6 heteroatoms. The molecule has 1 aromatic heterocycles. The van der Waals surface area contributed by atoms with Crippen molar-refractivity contribution in [3.05, 3.63) is 52.3 Å². The van der Waals surface area contributed by atoms with Gasteiger partial charge in [-0.2, -0.15) is 18.3 Å². The summed E-state index contributed by atoms with van der Waals surface area (Å²) < 4.78 is 40.5. The molecule has 0 unspecified atom stereocenters. The Labute approximate surface area is 139 Å². The molecule has 1 aliphatic rings.